The van der Waals surface area contributed by atoms with Gasteiger partial charge in [0.25, 0.3) is 5.91 Å². The lowest BCUT2D eigenvalue weighted by Gasteiger charge is -2.38. The van der Waals surface area contributed by atoms with Crippen LogP contribution in [0.3, 0.4) is 0 Å². The van der Waals surface area contributed by atoms with Gasteiger partial charge in [-0.25, -0.2) is 4.98 Å². The number of carbonyl (C=O) groups excluding carboxylic acids is 1. The number of amides is 1. The number of fused-ring (bicyclic) bond motifs is 1. The van der Waals surface area contributed by atoms with Gasteiger partial charge in [-0.15, -0.1) is 5.06 Å². The third-order valence-electron chi connectivity index (χ3n) is 5.46. The number of anilines is 1. The molecule has 8 nitrogen and oxygen atoms in total. The molecule has 0 aliphatic carbocycles. The molecule has 0 saturated carbocycles. The first-order chi connectivity index (χ1) is 16.1. The second kappa shape index (κ2) is 10.7. The quantitative estimate of drug-likeness (QED) is 0.230. The molecule has 33 heavy (non-hydrogen) atoms. The van der Waals surface area contributed by atoms with Crippen molar-refractivity contribution in [1.82, 2.24) is 20.3 Å². The van der Waals surface area contributed by atoms with Crippen LogP contribution in [0.2, 0.25) is 0 Å². The number of alkyl halides is 1. The Bertz CT molecular complexity index is 1080. The number of carbonyl (C=O) groups is 1. The average Bonchev–Trinajstić information content (AvgIpc) is 2.87. The van der Waals surface area contributed by atoms with Gasteiger partial charge < -0.3 is 14.9 Å². The summed E-state index contributed by atoms with van der Waals surface area (Å²) in [6, 6.07) is 15.5. The van der Waals surface area contributed by atoms with Gasteiger partial charge in [-0.1, -0.05) is 58.9 Å². The molecule has 0 bridgehead atoms. The van der Waals surface area contributed by atoms with E-state index in [-0.39, 0.29) is 16.8 Å². The fourth-order valence-electron chi connectivity index (χ4n) is 3.78. The highest BCUT2D eigenvalue weighted by molar-refractivity contribution is 6.20. The van der Waals surface area contributed by atoms with Gasteiger partial charge in [-0.05, 0) is 31.0 Å². The summed E-state index contributed by atoms with van der Waals surface area (Å²) in [7, 11) is 1.49. The molecule has 0 spiro atoms. The van der Waals surface area contributed by atoms with Crippen LogP contribution in [0, 0.1) is 0 Å². The fourth-order valence-corrected chi connectivity index (χ4v) is 4.01. The van der Waals surface area contributed by atoms with Crippen molar-refractivity contribution in [3.8, 4) is 6.01 Å². The number of nitrogens with one attached hydrogen (secondary N) is 1. The molecule has 1 aromatic heterocycles. The van der Waals surface area contributed by atoms with Gasteiger partial charge in [-0.3, -0.25) is 4.79 Å². The van der Waals surface area contributed by atoms with E-state index in [1.807, 2.05) is 24.3 Å². The molecular weight excluding hydrogens is 449 g/mol. The lowest BCUT2D eigenvalue weighted by atomic mass is 9.98. The topological polar surface area (TPSA) is 79.8 Å². The minimum Gasteiger partial charge on any atom is -0.365 e. The molecule has 174 valence electrons. The second-order valence-corrected chi connectivity index (χ2v) is 7.99. The molecule has 1 fully saturated rings. The van der Waals surface area contributed by atoms with Crippen molar-refractivity contribution in [3.05, 3.63) is 60.8 Å². The molecule has 1 saturated heterocycles. The lowest BCUT2D eigenvalue weighted by molar-refractivity contribution is -0.175. The summed E-state index contributed by atoms with van der Waals surface area (Å²) in [4.78, 5) is 27.4. The molecular formula is C23H25ClFN5O3. The number of hydroxylamine groups is 2. The van der Waals surface area contributed by atoms with Crippen LogP contribution in [0.1, 0.15) is 19.3 Å². The number of rotatable bonds is 8. The largest absolute Gasteiger partial charge is 0.365 e. The zero-order valence-corrected chi connectivity index (χ0v) is 18.9. The van der Waals surface area contributed by atoms with E-state index in [0.29, 0.717) is 13.0 Å². The van der Waals surface area contributed by atoms with E-state index in [1.54, 1.807) is 41.6 Å². The van der Waals surface area contributed by atoms with Crippen LogP contribution in [0.5, 0.6) is 6.01 Å². The predicted octanol–water partition coefficient (Wildman–Crippen LogP) is 3.82. The van der Waals surface area contributed by atoms with Crippen LogP contribution in [0.25, 0.3) is 10.9 Å². The number of nitrogens with zero attached hydrogens (tertiary/aromatic N) is 4. The van der Waals surface area contributed by atoms with Crippen LogP contribution in [0.4, 0.5) is 10.2 Å². The van der Waals surface area contributed by atoms with Crippen molar-refractivity contribution in [1.29, 1.82) is 0 Å². The Hall–Kier alpha value is -3.01. The number of hydrogen-bond acceptors (Lipinski definition) is 7. The molecule has 2 heterocycles. The molecule has 2 aromatic carbocycles. The second-order valence-electron chi connectivity index (χ2n) is 7.62. The van der Waals surface area contributed by atoms with Crippen molar-refractivity contribution in [2.24, 2.45) is 0 Å². The monoisotopic (exact) mass is 473 g/mol. The smallest absolute Gasteiger partial charge is 0.336 e. The van der Waals surface area contributed by atoms with Gasteiger partial charge in [0.2, 0.25) is 5.69 Å². The Balaban J connectivity index is 1.53. The average molecular weight is 474 g/mol. The van der Waals surface area contributed by atoms with Gasteiger partial charge in [0.05, 0.1) is 17.2 Å². The number of piperidine rings is 1. The van der Waals surface area contributed by atoms with Crippen molar-refractivity contribution >= 4 is 34.1 Å². The lowest BCUT2D eigenvalue weighted by Crippen LogP contribution is -2.56. The first kappa shape index (κ1) is 23.2. The van der Waals surface area contributed by atoms with E-state index < -0.39 is 23.7 Å². The summed E-state index contributed by atoms with van der Waals surface area (Å²) in [5.74, 6) is -0.429. The minimum absolute atomic E-state index is 0.162. The maximum Gasteiger partial charge on any atom is 0.336 e. The molecule has 3 atom stereocenters. The number of likely N-dealkylation sites (N-methyl/N-ethyl adjacent to an activating group) is 1. The van der Waals surface area contributed by atoms with Crippen molar-refractivity contribution < 1.29 is 18.9 Å². The van der Waals surface area contributed by atoms with Gasteiger partial charge >= 0.3 is 6.01 Å². The molecule has 4 rings (SSSR count). The molecule has 0 radical (unpaired) electrons. The third kappa shape index (κ3) is 5.50. The number of hydrogen-bond donors (Lipinski definition) is 1. The Morgan fingerprint density at radius 3 is 2.76 bits per heavy atom. The molecule has 1 amide bonds. The van der Waals surface area contributed by atoms with Crippen LogP contribution in [-0.4, -0.2) is 52.4 Å². The summed E-state index contributed by atoms with van der Waals surface area (Å²) >= 11 is 6.22. The highest BCUT2D eigenvalue weighted by atomic mass is 35.5. The highest BCUT2D eigenvalue weighted by Gasteiger charge is 2.39. The summed E-state index contributed by atoms with van der Waals surface area (Å²) in [6.45, 7) is 0.530. The van der Waals surface area contributed by atoms with E-state index in [2.05, 4.69) is 15.3 Å². The maximum atomic E-state index is 14.8. The van der Waals surface area contributed by atoms with Crippen molar-refractivity contribution in [2.75, 3.05) is 18.7 Å². The van der Waals surface area contributed by atoms with E-state index >= 15 is 0 Å². The number of benzene rings is 2. The Morgan fingerprint density at radius 1 is 1.21 bits per heavy atom. The van der Waals surface area contributed by atoms with E-state index in [0.717, 1.165) is 23.7 Å². The Kier molecular flexibility index (Phi) is 7.54. The van der Waals surface area contributed by atoms with E-state index in [1.165, 1.54) is 7.05 Å². The Labute approximate surface area is 196 Å². The summed E-state index contributed by atoms with van der Waals surface area (Å²) in [5, 5.41) is 5.37. The molecule has 3 aromatic rings. The summed E-state index contributed by atoms with van der Waals surface area (Å²) < 4.78 is 20.5. The normalized spacial score (nSPS) is 18.5. The highest BCUT2D eigenvalue weighted by Crippen LogP contribution is 2.27. The first-order valence-corrected chi connectivity index (χ1v) is 11.2. The Morgan fingerprint density at radius 2 is 1.97 bits per heavy atom. The summed E-state index contributed by atoms with van der Waals surface area (Å²) in [5.41, 5.74) is -0.559. The zero-order chi connectivity index (χ0) is 23.2. The van der Waals surface area contributed by atoms with Crippen molar-refractivity contribution in [2.45, 2.75) is 37.1 Å². The molecule has 1 N–H and O–H groups in total. The van der Waals surface area contributed by atoms with E-state index in [9.17, 15) is 9.28 Å². The maximum absolute atomic E-state index is 14.8. The van der Waals surface area contributed by atoms with Gasteiger partial charge in [0.15, 0.2) is 6.10 Å². The predicted molar refractivity (Wildman–Crippen MR) is 123 cm³/mol. The van der Waals surface area contributed by atoms with Crippen LogP contribution >= 0.6 is 11.6 Å². The number of halogens is 2. The first-order valence-electron chi connectivity index (χ1n) is 10.7. The summed E-state index contributed by atoms with van der Waals surface area (Å²) in [6.07, 6.45) is 2.89. The van der Waals surface area contributed by atoms with Gasteiger partial charge in [-0.2, -0.15) is 10.1 Å². The zero-order valence-electron chi connectivity index (χ0n) is 18.1. The SMILES string of the molecule is CNC(=O)C(OC(Cl)N(F)c1ccccc1)C1CCCCN1Oc1ncc2ccccc2n1. The standard InChI is InChI=1S/C23H25ClFN5O3/c1-26-21(31)20(32-22(24)30(25)17-10-3-2-4-11-17)19-13-7-8-14-29(19)33-23-27-15-16-9-5-6-12-18(16)28-23/h2-6,9-12,15,19-20,22H,7-8,13-14H2,1H3,(H,26,31). The molecule has 1 aliphatic rings. The number of ether oxygens (including phenoxy) is 1. The number of para-hydroxylation sites is 2. The third-order valence-corrected chi connectivity index (χ3v) is 5.73. The molecule has 3 unspecified atom stereocenters. The van der Waals surface area contributed by atoms with Crippen LogP contribution in [0.15, 0.2) is 60.8 Å². The van der Waals surface area contributed by atoms with Gasteiger partial charge in [0.1, 0.15) is 0 Å². The van der Waals surface area contributed by atoms with E-state index in [4.69, 9.17) is 21.2 Å². The number of aromatic nitrogens is 2. The van der Waals surface area contributed by atoms with Crippen LogP contribution in [-0.2, 0) is 9.53 Å². The fraction of sp³-hybridized carbons (Fsp3) is 0.348. The van der Waals surface area contributed by atoms with Gasteiger partial charge in [0, 0.05) is 25.2 Å². The minimum atomic E-state index is -1.52. The van der Waals surface area contributed by atoms with Crippen molar-refractivity contribution in [3.63, 3.8) is 0 Å². The molecule has 10 heteroatoms. The van der Waals surface area contributed by atoms with Crippen LogP contribution < -0.4 is 15.3 Å². The molecule has 1 aliphatic heterocycles.